The van der Waals surface area contributed by atoms with Gasteiger partial charge in [-0.05, 0) is 19.4 Å². The molecule has 0 radical (unpaired) electrons. The molecule has 0 unspecified atom stereocenters. The fourth-order valence-corrected chi connectivity index (χ4v) is 1.98. The quantitative estimate of drug-likeness (QED) is 0.666. The summed E-state index contributed by atoms with van der Waals surface area (Å²) in [5.41, 5.74) is 0. The summed E-state index contributed by atoms with van der Waals surface area (Å²) in [6, 6.07) is 0.653. The van der Waals surface area contributed by atoms with E-state index in [1.54, 1.807) is 0 Å². The number of hydrogen-bond donors (Lipinski definition) is 1. The Morgan fingerprint density at radius 1 is 1.45 bits per heavy atom. The second-order valence-electron chi connectivity index (χ2n) is 3.42. The molecule has 0 aromatic carbocycles. The molecule has 0 bridgehead atoms. The SMILES string of the molecule is CCC[C@H]1C[C@H](O)CN1CC. The highest BCUT2D eigenvalue weighted by Crippen LogP contribution is 2.20. The van der Waals surface area contributed by atoms with Crippen LogP contribution < -0.4 is 0 Å². The standard InChI is InChI=1S/C9H19NO/c1-3-5-8-6-9(11)7-10(8)4-2/h8-9,11H,3-7H2,1-2H3/t8-,9-/m0/s1. The Kier molecular flexibility index (Phi) is 3.34. The summed E-state index contributed by atoms with van der Waals surface area (Å²) in [5, 5.41) is 9.39. The van der Waals surface area contributed by atoms with E-state index < -0.39 is 0 Å². The van der Waals surface area contributed by atoms with Crippen molar-refractivity contribution in [2.45, 2.75) is 45.3 Å². The van der Waals surface area contributed by atoms with Crippen molar-refractivity contribution in [1.82, 2.24) is 4.90 Å². The largest absolute Gasteiger partial charge is 0.392 e. The summed E-state index contributed by atoms with van der Waals surface area (Å²) in [4.78, 5) is 2.38. The second kappa shape index (κ2) is 4.07. The Morgan fingerprint density at radius 2 is 2.18 bits per heavy atom. The van der Waals surface area contributed by atoms with Crippen LogP contribution in [-0.4, -0.2) is 35.2 Å². The average molecular weight is 157 g/mol. The molecule has 1 rings (SSSR count). The van der Waals surface area contributed by atoms with E-state index in [1.807, 2.05) is 0 Å². The number of rotatable bonds is 3. The molecule has 2 atom stereocenters. The van der Waals surface area contributed by atoms with Gasteiger partial charge in [-0.1, -0.05) is 20.3 Å². The summed E-state index contributed by atoms with van der Waals surface area (Å²) in [5.74, 6) is 0. The Bertz CT molecular complexity index is 116. The van der Waals surface area contributed by atoms with Crippen LogP contribution in [0.25, 0.3) is 0 Å². The van der Waals surface area contributed by atoms with Crippen molar-refractivity contribution in [3.8, 4) is 0 Å². The van der Waals surface area contributed by atoms with Crippen LogP contribution in [0.15, 0.2) is 0 Å². The predicted molar refractivity (Wildman–Crippen MR) is 46.6 cm³/mol. The van der Waals surface area contributed by atoms with E-state index in [4.69, 9.17) is 0 Å². The van der Waals surface area contributed by atoms with E-state index in [9.17, 15) is 5.11 Å². The van der Waals surface area contributed by atoms with Crippen LogP contribution in [-0.2, 0) is 0 Å². The fourth-order valence-electron chi connectivity index (χ4n) is 1.98. The van der Waals surface area contributed by atoms with Crippen LogP contribution in [0.4, 0.5) is 0 Å². The van der Waals surface area contributed by atoms with Crippen LogP contribution in [0.3, 0.4) is 0 Å². The van der Waals surface area contributed by atoms with E-state index in [1.165, 1.54) is 12.8 Å². The maximum atomic E-state index is 9.39. The first-order valence-electron chi connectivity index (χ1n) is 4.70. The van der Waals surface area contributed by atoms with E-state index in [0.29, 0.717) is 6.04 Å². The predicted octanol–water partition coefficient (Wildman–Crippen LogP) is 1.24. The Balaban J connectivity index is 2.37. The summed E-state index contributed by atoms with van der Waals surface area (Å²) in [6.07, 6.45) is 3.40. The number of aliphatic hydroxyl groups excluding tert-OH is 1. The number of β-amino-alcohol motifs (C(OH)–C–C–N with tert-alkyl or cyclic N) is 1. The molecule has 0 amide bonds. The molecule has 0 spiro atoms. The number of aliphatic hydroxyl groups is 1. The smallest absolute Gasteiger partial charge is 0.0682 e. The number of likely N-dealkylation sites (tertiary alicyclic amines) is 1. The van der Waals surface area contributed by atoms with Crippen molar-refractivity contribution in [1.29, 1.82) is 0 Å². The van der Waals surface area contributed by atoms with Gasteiger partial charge in [0.25, 0.3) is 0 Å². The van der Waals surface area contributed by atoms with Gasteiger partial charge in [-0.3, -0.25) is 4.90 Å². The van der Waals surface area contributed by atoms with Gasteiger partial charge in [0, 0.05) is 12.6 Å². The third-order valence-electron chi connectivity index (χ3n) is 2.53. The minimum Gasteiger partial charge on any atom is -0.392 e. The molecule has 1 fully saturated rings. The average Bonchev–Trinajstić information content (AvgIpc) is 2.32. The van der Waals surface area contributed by atoms with Crippen molar-refractivity contribution in [3.05, 3.63) is 0 Å². The van der Waals surface area contributed by atoms with Gasteiger partial charge >= 0.3 is 0 Å². The lowest BCUT2D eigenvalue weighted by Gasteiger charge is -2.21. The van der Waals surface area contributed by atoms with Gasteiger partial charge in [0.2, 0.25) is 0 Å². The molecule has 2 nitrogen and oxygen atoms in total. The molecule has 1 saturated heterocycles. The second-order valence-corrected chi connectivity index (χ2v) is 3.42. The van der Waals surface area contributed by atoms with E-state index in [0.717, 1.165) is 19.5 Å². The van der Waals surface area contributed by atoms with Crippen molar-refractivity contribution < 1.29 is 5.11 Å². The van der Waals surface area contributed by atoms with Crippen LogP contribution in [0, 0.1) is 0 Å². The number of hydrogen-bond acceptors (Lipinski definition) is 2. The monoisotopic (exact) mass is 157 g/mol. The van der Waals surface area contributed by atoms with Crippen molar-refractivity contribution in [2.75, 3.05) is 13.1 Å². The number of nitrogens with zero attached hydrogens (tertiary/aromatic N) is 1. The maximum absolute atomic E-state index is 9.39. The van der Waals surface area contributed by atoms with Crippen LogP contribution >= 0.6 is 0 Å². The van der Waals surface area contributed by atoms with Gasteiger partial charge in [0.15, 0.2) is 0 Å². The molecular weight excluding hydrogens is 138 g/mol. The van der Waals surface area contributed by atoms with Crippen molar-refractivity contribution in [3.63, 3.8) is 0 Å². The molecule has 1 aliphatic rings. The Labute approximate surface area is 69.2 Å². The lowest BCUT2D eigenvalue weighted by Crippen LogP contribution is -2.29. The number of likely N-dealkylation sites (N-methyl/N-ethyl adjacent to an activating group) is 1. The molecule has 0 aliphatic carbocycles. The fraction of sp³-hybridized carbons (Fsp3) is 1.00. The molecule has 1 heterocycles. The van der Waals surface area contributed by atoms with Crippen molar-refractivity contribution in [2.24, 2.45) is 0 Å². The first-order valence-corrected chi connectivity index (χ1v) is 4.70. The highest BCUT2D eigenvalue weighted by atomic mass is 16.3. The topological polar surface area (TPSA) is 23.5 Å². The molecule has 1 N–H and O–H groups in total. The minimum atomic E-state index is -0.0634. The van der Waals surface area contributed by atoms with Gasteiger partial charge in [-0.15, -0.1) is 0 Å². The van der Waals surface area contributed by atoms with Gasteiger partial charge in [-0.25, -0.2) is 0 Å². The lowest BCUT2D eigenvalue weighted by molar-refractivity contribution is 0.177. The molecule has 2 heteroatoms. The summed E-state index contributed by atoms with van der Waals surface area (Å²) >= 11 is 0. The summed E-state index contributed by atoms with van der Waals surface area (Å²) in [7, 11) is 0. The van der Waals surface area contributed by atoms with E-state index in [-0.39, 0.29) is 6.10 Å². The van der Waals surface area contributed by atoms with Crippen LogP contribution in [0.2, 0.25) is 0 Å². The zero-order valence-corrected chi connectivity index (χ0v) is 7.58. The Morgan fingerprint density at radius 3 is 2.73 bits per heavy atom. The van der Waals surface area contributed by atoms with E-state index in [2.05, 4.69) is 18.7 Å². The highest BCUT2D eigenvalue weighted by molar-refractivity contribution is 4.83. The van der Waals surface area contributed by atoms with Gasteiger partial charge in [-0.2, -0.15) is 0 Å². The first kappa shape index (κ1) is 9.01. The van der Waals surface area contributed by atoms with Gasteiger partial charge in [0.1, 0.15) is 0 Å². The molecule has 66 valence electrons. The van der Waals surface area contributed by atoms with Crippen LogP contribution in [0.1, 0.15) is 33.1 Å². The normalized spacial score (nSPS) is 33.0. The third kappa shape index (κ3) is 2.17. The molecular formula is C9H19NO. The molecule has 0 aromatic rings. The van der Waals surface area contributed by atoms with E-state index >= 15 is 0 Å². The molecule has 0 saturated carbocycles. The molecule has 11 heavy (non-hydrogen) atoms. The first-order chi connectivity index (χ1) is 5.27. The van der Waals surface area contributed by atoms with Gasteiger partial charge < -0.3 is 5.11 Å². The van der Waals surface area contributed by atoms with Gasteiger partial charge in [0.05, 0.1) is 6.10 Å². The maximum Gasteiger partial charge on any atom is 0.0682 e. The lowest BCUT2D eigenvalue weighted by atomic mass is 10.1. The Hall–Kier alpha value is -0.0800. The third-order valence-corrected chi connectivity index (χ3v) is 2.53. The minimum absolute atomic E-state index is 0.0634. The molecule has 0 aromatic heterocycles. The zero-order valence-electron chi connectivity index (χ0n) is 7.58. The summed E-state index contributed by atoms with van der Waals surface area (Å²) in [6.45, 7) is 6.35. The molecule has 1 aliphatic heterocycles. The highest BCUT2D eigenvalue weighted by Gasteiger charge is 2.28. The van der Waals surface area contributed by atoms with Crippen LogP contribution in [0.5, 0.6) is 0 Å². The van der Waals surface area contributed by atoms with Crippen molar-refractivity contribution >= 4 is 0 Å². The summed E-state index contributed by atoms with van der Waals surface area (Å²) < 4.78 is 0. The zero-order chi connectivity index (χ0) is 8.27.